The van der Waals surface area contributed by atoms with Gasteiger partial charge in [-0.25, -0.2) is 9.97 Å². The first-order valence-electron chi connectivity index (χ1n) is 5.06. The third-order valence-corrected chi connectivity index (χ3v) is 3.40. The summed E-state index contributed by atoms with van der Waals surface area (Å²) in [7, 11) is 0. The van der Waals surface area contributed by atoms with E-state index in [1.165, 1.54) is 0 Å². The van der Waals surface area contributed by atoms with Crippen molar-refractivity contribution in [1.82, 2.24) is 9.97 Å². The van der Waals surface area contributed by atoms with Crippen LogP contribution in [-0.2, 0) is 4.74 Å². The van der Waals surface area contributed by atoms with E-state index in [2.05, 4.69) is 9.97 Å². The lowest BCUT2D eigenvalue weighted by atomic mass is 10.2. The van der Waals surface area contributed by atoms with Crippen LogP contribution in [0, 0.1) is 12.8 Å². The van der Waals surface area contributed by atoms with Gasteiger partial charge in [0.05, 0.1) is 6.61 Å². The Morgan fingerprint density at radius 2 is 2.47 bits per heavy atom. The number of anilines is 1. The predicted molar refractivity (Wildman–Crippen MR) is 60.8 cm³/mol. The highest BCUT2D eigenvalue weighted by atomic mass is 32.2. The Labute approximate surface area is 93.6 Å². The molecule has 1 unspecified atom stereocenters. The highest BCUT2D eigenvalue weighted by Gasteiger charge is 2.16. The van der Waals surface area contributed by atoms with E-state index in [1.807, 2.05) is 6.92 Å². The van der Waals surface area contributed by atoms with Crippen LogP contribution in [0.3, 0.4) is 0 Å². The first-order valence-corrected chi connectivity index (χ1v) is 6.04. The summed E-state index contributed by atoms with van der Waals surface area (Å²) < 4.78 is 5.31. The van der Waals surface area contributed by atoms with Crippen LogP contribution in [0.5, 0.6) is 0 Å². The molecular weight excluding hydrogens is 210 g/mol. The van der Waals surface area contributed by atoms with Gasteiger partial charge in [0.2, 0.25) is 0 Å². The second kappa shape index (κ2) is 4.81. The van der Waals surface area contributed by atoms with Crippen molar-refractivity contribution in [2.45, 2.75) is 18.5 Å². The van der Waals surface area contributed by atoms with Gasteiger partial charge in [0.1, 0.15) is 5.82 Å². The summed E-state index contributed by atoms with van der Waals surface area (Å²) in [5, 5.41) is 0.777. The molecule has 1 aromatic heterocycles. The first kappa shape index (κ1) is 10.7. The first-order chi connectivity index (χ1) is 7.24. The Bertz CT molecular complexity index is 319. The molecule has 2 rings (SSSR count). The van der Waals surface area contributed by atoms with E-state index < -0.39 is 0 Å². The van der Waals surface area contributed by atoms with E-state index in [4.69, 9.17) is 10.5 Å². The number of aromatic nitrogens is 2. The van der Waals surface area contributed by atoms with Gasteiger partial charge in [-0.1, -0.05) is 11.8 Å². The average Bonchev–Trinajstić information content (AvgIpc) is 2.65. The molecule has 82 valence electrons. The van der Waals surface area contributed by atoms with E-state index in [0.717, 1.165) is 36.2 Å². The van der Waals surface area contributed by atoms with Gasteiger partial charge in [0, 0.05) is 24.1 Å². The van der Waals surface area contributed by atoms with Crippen molar-refractivity contribution in [3.63, 3.8) is 0 Å². The van der Waals surface area contributed by atoms with Gasteiger partial charge in [0.25, 0.3) is 0 Å². The quantitative estimate of drug-likeness (QED) is 0.624. The lowest BCUT2D eigenvalue weighted by molar-refractivity contribution is 0.189. The van der Waals surface area contributed by atoms with Crippen LogP contribution in [0.1, 0.15) is 12.1 Å². The van der Waals surface area contributed by atoms with Gasteiger partial charge in [-0.05, 0) is 19.3 Å². The minimum absolute atomic E-state index is 0.549. The van der Waals surface area contributed by atoms with Crippen molar-refractivity contribution < 1.29 is 4.74 Å². The predicted octanol–water partition coefficient (Wildman–Crippen LogP) is 1.50. The molecule has 15 heavy (non-hydrogen) atoms. The van der Waals surface area contributed by atoms with Gasteiger partial charge in [-0.2, -0.15) is 0 Å². The normalized spacial score (nSPS) is 20.7. The fourth-order valence-corrected chi connectivity index (χ4v) is 2.56. The molecule has 0 aliphatic carbocycles. The molecule has 0 aromatic carbocycles. The number of nitrogens with two attached hydrogens (primary N) is 1. The van der Waals surface area contributed by atoms with Crippen LogP contribution in [0.25, 0.3) is 0 Å². The van der Waals surface area contributed by atoms with Crippen LogP contribution < -0.4 is 5.73 Å². The SMILES string of the molecule is Cc1cc(N)nc(SCC2CCOC2)n1. The molecule has 1 aliphatic heterocycles. The standard InChI is InChI=1S/C10H15N3OS/c1-7-4-9(11)13-10(12-7)15-6-8-2-3-14-5-8/h4,8H,2-3,5-6H2,1H3,(H2,11,12,13). The number of ether oxygens (including phenoxy) is 1. The van der Waals surface area contributed by atoms with E-state index in [1.54, 1.807) is 17.8 Å². The monoisotopic (exact) mass is 225 g/mol. The topological polar surface area (TPSA) is 61.0 Å². The lowest BCUT2D eigenvalue weighted by Crippen LogP contribution is -2.04. The van der Waals surface area contributed by atoms with E-state index in [9.17, 15) is 0 Å². The average molecular weight is 225 g/mol. The summed E-state index contributed by atoms with van der Waals surface area (Å²) in [6, 6.07) is 1.78. The molecule has 5 heteroatoms. The van der Waals surface area contributed by atoms with Crippen LogP contribution >= 0.6 is 11.8 Å². The lowest BCUT2D eigenvalue weighted by Gasteiger charge is -2.06. The van der Waals surface area contributed by atoms with Gasteiger partial charge in [0.15, 0.2) is 5.16 Å². The summed E-state index contributed by atoms with van der Waals surface area (Å²) in [5.74, 6) is 2.20. The number of nitrogens with zero attached hydrogens (tertiary/aromatic N) is 2. The second-order valence-corrected chi connectivity index (χ2v) is 4.74. The molecule has 0 bridgehead atoms. The fourth-order valence-electron chi connectivity index (χ4n) is 1.54. The van der Waals surface area contributed by atoms with Crippen molar-refractivity contribution >= 4 is 17.6 Å². The number of nitrogen functional groups attached to an aromatic ring is 1. The number of rotatable bonds is 3. The van der Waals surface area contributed by atoms with Gasteiger partial charge >= 0.3 is 0 Å². The van der Waals surface area contributed by atoms with E-state index in [-0.39, 0.29) is 0 Å². The number of thioether (sulfide) groups is 1. The molecule has 0 amide bonds. The van der Waals surface area contributed by atoms with Crippen LogP contribution in [0.2, 0.25) is 0 Å². The van der Waals surface area contributed by atoms with Gasteiger partial charge < -0.3 is 10.5 Å². The maximum absolute atomic E-state index is 5.65. The zero-order chi connectivity index (χ0) is 10.7. The molecule has 1 saturated heterocycles. The van der Waals surface area contributed by atoms with Crippen LogP contribution in [0.15, 0.2) is 11.2 Å². The highest BCUT2D eigenvalue weighted by Crippen LogP contribution is 2.22. The minimum atomic E-state index is 0.549. The molecule has 1 aromatic rings. The summed E-state index contributed by atoms with van der Waals surface area (Å²) >= 11 is 1.66. The molecule has 1 atom stereocenters. The third kappa shape index (κ3) is 3.07. The molecule has 1 fully saturated rings. The zero-order valence-corrected chi connectivity index (χ0v) is 9.59. The van der Waals surface area contributed by atoms with Crippen molar-refractivity contribution in [3.05, 3.63) is 11.8 Å². The van der Waals surface area contributed by atoms with Crippen molar-refractivity contribution in [3.8, 4) is 0 Å². The Morgan fingerprint density at radius 1 is 1.60 bits per heavy atom. The summed E-state index contributed by atoms with van der Waals surface area (Å²) in [5.41, 5.74) is 6.58. The fraction of sp³-hybridized carbons (Fsp3) is 0.600. The smallest absolute Gasteiger partial charge is 0.189 e. The Morgan fingerprint density at radius 3 is 3.13 bits per heavy atom. The van der Waals surface area contributed by atoms with E-state index >= 15 is 0 Å². The minimum Gasteiger partial charge on any atom is -0.384 e. The maximum atomic E-state index is 5.65. The molecule has 0 saturated carbocycles. The molecular formula is C10H15N3OS. The summed E-state index contributed by atoms with van der Waals surface area (Å²) in [6.07, 6.45) is 1.15. The number of hydrogen-bond donors (Lipinski definition) is 1. The summed E-state index contributed by atoms with van der Waals surface area (Å²) in [6.45, 7) is 3.69. The molecule has 0 radical (unpaired) electrons. The summed E-state index contributed by atoms with van der Waals surface area (Å²) in [4.78, 5) is 8.51. The highest BCUT2D eigenvalue weighted by molar-refractivity contribution is 7.99. The Balaban J connectivity index is 1.92. The van der Waals surface area contributed by atoms with E-state index in [0.29, 0.717) is 11.7 Å². The molecule has 0 spiro atoms. The Kier molecular flexibility index (Phi) is 3.43. The van der Waals surface area contributed by atoms with Crippen molar-refractivity contribution in [2.75, 3.05) is 24.7 Å². The maximum Gasteiger partial charge on any atom is 0.189 e. The van der Waals surface area contributed by atoms with Crippen molar-refractivity contribution in [2.24, 2.45) is 5.92 Å². The largest absolute Gasteiger partial charge is 0.384 e. The van der Waals surface area contributed by atoms with Gasteiger partial charge in [-0.15, -0.1) is 0 Å². The number of hydrogen-bond acceptors (Lipinski definition) is 5. The second-order valence-electron chi connectivity index (χ2n) is 3.76. The number of aryl methyl sites for hydroxylation is 1. The molecule has 1 aliphatic rings. The third-order valence-electron chi connectivity index (χ3n) is 2.33. The van der Waals surface area contributed by atoms with Gasteiger partial charge in [-0.3, -0.25) is 0 Å². The molecule has 4 nitrogen and oxygen atoms in total. The zero-order valence-electron chi connectivity index (χ0n) is 8.77. The Hall–Kier alpha value is -0.810. The van der Waals surface area contributed by atoms with Crippen LogP contribution in [0.4, 0.5) is 5.82 Å². The molecule has 2 heterocycles. The van der Waals surface area contributed by atoms with Crippen molar-refractivity contribution in [1.29, 1.82) is 0 Å². The molecule has 2 N–H and O–H groups in total. The van der Waals surface area contributed by atoms with Crippen LogP contribution in [-0.4, -0.2) is 28.9 Å².